The van der Waals surface area contributed by atoms with Gasteiger partial charge in [-0.3, -0.25) is 4.99 Å². The van der Waals surface area contributed by atoms with Crippen molar-refractivity contribution in [3.63, 3.8) is 0 Å². The summed E-state index contributed by atoms with van der Waals surface area (Å²) in [7, 11) is 1.73. The Hall–Kier alpha value is -1.98. The molecule has 3 rings (SSSR count). The van der Waals surface area contributed by atoms with Gasteiger partial charge in [0, 0.05) is 51.0 Å². The molecule has 1 aromatic heterocycles. The first kappa shape index (κ1) is 24.3. The van der Waals surface area contributed by atoms with Gasteiger partial charge in [0.1, 0.15) is 5.76 Å². The zero-order valence-electron chi connectivity index (χ0n) is 17.3. The summed E-state index contributed by atoms with van der Waals surface area (Å²) in [5, 5.41) is 7.32. The molecule has 2 aromatic rings. The molecule has 10 heteroatoms. The first-order valence-electron chi connectivity index (χ1n) is 9.59. The zero-order valence-corrected chi connectivity index (χ0v) is 19.6. The van der Waals surface area contributed by atoms with Crippen molar-refractivity contribution in [1.82, 2.24) is 15.4 Å². The van der Waals surface area contributed by atoms with Crippen LogP contribution < -0.4 is 10.2 Å². The molecule has 0 radical (unpaired) electrons. The lowest BCUT2D eigenvalue weighted by Gasteiger charge is -2.37. The Bertz CT molecular complexity index is 841. The molecule has 1 fully saturated rings. The van der Waals surface area contributed by atoms with Gasteiger partial charge in [-0.05, 0) is 38.5 Å². The van der Waals surface area contributed by atoms with Crippen molar-refractivity contribution >= 4 is 35.6 Å². The third-order valence-electron chi connectivity index (χ3n) is 5.17. The van der Waals surface area contributed by atoms with Crippen LogP contribution in [0.4, 0.5) is 18.9 Å². The predicted octanol–water partition coefficient (Wildman–Crippen LogP) is 3.87. The highest BCUT2D eigenvalue weighted by Gasteiger charge is 2.31. The minimum absolute atomic E-state index is 0. The largest absolute Gasteiger partial charge is 0.416 e. The molecule has 6 nitrogen and oxygen atoms in total. The van der Waals surface area contributed by atoms with Crippen LogP contribution in [0.25, 0.3) is 0 Å². The number of nitrogens with zero attached hydrogens (tertiary/aromatic N) is 4. The fraction of sp³-hybridized carbons (Fsp3) is 0.500. The molecule has 0 aliphatic carbocycles. The lowest BCUT2D eigenvalue weighted by Crippen LogP contribution is -2.52. The van der Waals surface area contributed by atoms with E-state index in [-0.39, 0.29) is 24.0 Å². The summed E-state index contributed by atoms with van der Waals surface area (Å²) in [5.41, 5.74) is 1.98. The number of rotatable bonds is 4. The van der Waals surface area contributed by atoms with Gasteiger partial charge in [0.05, 0.1) is 11.3 Å². The molecule has 0 spiro atoms. The molecular weight excluding hydrogens is 510 g/mol. The minimum atomic E-state index is -4.33. The Morgan fingerprint density at radius 2 is 1.90 bits per heavy atom. The summed E-state index contributed by atoms with van der Waals surface area (Å²) < 4.78 is 44.1. The highest BCUT2D eigenvalue weighted by Crippen LogP contribution is 2.31. The van der Waals surface area contributed by atoms with Crippen molar-refractivity contribution < 1.29 is 17.7 Å². The van der Waals surface area contributed by atoms with Crippen LogP contribution >= 0.6 is 24.0 Å². The molecule has 0 saturated carbocycles. The van der Waals surface area contributed by atoms with Crippen molar-refractivity contribution in [2.75, 3.05) is 44.7 Å². The molecule has 0 amide bonds. The summed E-state index contributed by atoms with van der Waals surface area (Å²) in [6, 6.07) is 5.50. The Morgan fingerprint density at radius 1 is 1.20 bits per heavy atom. The van der Waals surface area contributed by atoms with Crippen LogP contribution in [0.15, 0.2) is 33.8 Å². The van der Waals surface area contributed by atoms with E-state index in [2.05, 4.69) is 20.4 Å². The van der Waals surface area contributed by atoms with Gasteiger partial charge in [-0.2, -0.15) is 13.2 Å². The first-order valence-corrected chi connectivity index (χ1v) is 9.59. The standard InChI is InChI=1S/C20H26F3N5O.HI/c1-14-18(15(2)29-26-14)7-8-25-19(24-3)28-11-9-27(10-12-28)17-6-4-5-16(13-17)20(21,22)23;/h4-6,13H,7-12H2,1-3H3,(H,24,25);1H. The number of aryl methyl sites for hydroxylation is 2. The summed E-state index contributed by atoms with van der Waals surface area (Å²) >= 11 is 0. The summed E-state index contributed by atoms with van der Waals surface area (Å²) in [5.74, 6) is 1.62. The highest BCUT2D eigenvalue weighted by molar-refractivity contribution is 14.0. The summed E-state index contributed by atoms with van der Waals surface area (Å²) in [4.78, 5) is 8.44. The van der Waals surface area contributed by atoms with E-state index in [9.17, 15) is 13.2 Å². The average molecular weight is 537 g/mol. The number of aromatic nitrogens is 1. The maximum atomic E-state index is 13.0. The minimum Gasteiger partial charge on any atom is -0.368 e. The quantitative estimate of drug-likeness (QED) is 0.365. The number of hydrogen-bond donors (Lipinski definition) is 1. The highest BCUT2D eigenvalue weighted by atomic mass is 127. The van der Waals surface area contributed by atoms with Gasteiger partial charge < -0.3 is 19.6 Å². The second-order valence-electron chi connectivity index (χ2n) is 7.05. The first-order chi connectivity index (χ1) is 13.8. The Morgan fingerprint density at radius 3 is 2.47 bits per heavy atom. The lowest BCUT2D eigenvalue weighted by atomic mass is 10.1. The average Bonchev–Trinajstić information content (AvgIpc) is 3.03. The topological polar surface area (TPSA) is 56.9 Å². The van der Waals surface area contributed by atoms with Crippen LogP contribution in [0.5, 0.6) is 0 Å². The van der Waals surface area contributed by atoms with Crippen LogP contribution in [0, 0.1) is 13.8 Å². The van der Waals surface area contributed by atoms with Crippen LogP contribution in [0.1, 0.15) is 22.6 Å². The molecule has 1 aromatic carbocycles. The molecule has 0 atom stereocenters. The van der Waals surface area contributed by atoms with E-state index in [4.69, 9.17) is 4.52 Å². The molecule has 1 saturated heterocycles. The maximum absolute atomic E-state index is 13.0. The van der Waals surface area contributed by atoms with Gasteiger partial charge in [-0.25, -0.2) is 0 Å². The number of anilines is 1. The van der Waals surface area contributed by atoms with Crippen molar-refractivity contribution in [3.8, 4) is 0 Å². The number of halogens is 4. The number of hydrogen-bond acceptors (Lipinski definition) is 4. The molecular formula is C20H27F3IN5O. The van der Waals surface area contributed by atoms with E-state index >= 15 is 0 Å². The Labute approximate surface area is 191 Å². The maximum Gasteiger partial charge on any atom is 0.416 e. The second kappa shape index (κ2) is 10.4. The van der Waals surface area contributed by atoms with E-state index in [0.717, 1.165) is 35.5 Å². The third kappa shape index (κ3) is 5.79. The van der Waals surface area contributed by atoms with Crippen LogP contribution in [0.2, 0.25) is 0 Å². The number of guanidine groups is 1. The predicted molar refractivity (Wildman–Crippen MR) is 122 cm³/mol. The summed E-state index contributed by atoms with van der Waals surface area (Å²) in [6.45, 7) is 7.15. The van der Waals surface area contributed by atoms with E-state index in [1.807, 2.05) is 18.7 Å². The van der Waals surface area contributed by atoms with Crippen LogP contribution in [-0.2, 0) is 12.6 Å². The van der Waals surface area contributed by atoms with Crippen LogP contribution in [-0.4, -0.2) is 55.8 Å². The zero-order chi connectivity index (χ0) is 21.0. The molecule has 1 aliphatic heterocycles. The molecule has 0 unspecified atom stereocenters. The number of aliphatic imine (C=N–C) groups is 1. The van der Waals surface area contributed by atoms with Crippen molar-refractivity contribution in [2.24, 2.45) is 4.99 Å². The number of piperazine rings is 1. The molecule has 0 bridgehead atoms. The van der Waals surface area contributed by atoms with Gasteiger partial charge in [-0.15, -0.1) is 24.0 Å². The van der Waals surface area contributed by atoms with E-state index in [0.29, 0.717) is 38.4 Å². The number of benzene rings is 1. The molecule has 1 aliphatic rings. The Kier molecular flexibility index (Phi) is 8.39. The summed E-state index contributed by atoms with van der Waals surface area (Å²) in [6.07, 6.45) is -3.55. The third-order valence-corrected chi connectivity index (χ3v) is 5.17. The van der Waals surface area contributed by atoms with E-state index in [1.165, 1.54) is 12.1 Å². The van der Waals surface area contributed by atoms with E-state index in [1.54, 1.807) is 13.1 Å². The molecule has 166 valence electrons. The lowest BCUT2D eigenvalue weighted by molar-refractivity contribution is -0.137. The molecule has 30 heavy (non-hydrogen) atoms. The fourth-order valence-electron chi connectivity index (χ4n) is 3.55. The smallest absolute Gasteiger partial charge is 0.368 e. The normalized spacial score (nSPS) is 15.2. The van der Waals surface area contributed by atoms with Crippen molar-refractivity contribution in [3.05, 3.63) is 46.8 Å². The number of nitrogens with one attached hydrogen (secondary N) is 1. The molecule has 2 heterocycles. The van der Waals surface area contributed by atoms with E-state index < -0.39 is 11.7 Å². The monoisotopic (exact) mass is 537 g/mol. The van der Waals surface area contributed by atoms with Gasteiger partial charge >= 0.3 is 6.18 Å². The van der Waals surface area contributed by atoms with Crippen molar-refractivity contribution in [2.45, 2.75) is 26.4 Å². The van der Waals surface area contributed by atoms with Gasteiger partial charge in [0.25, 0.3) is 0 Å². The van der Waals surface area contributed by atoms with Crippen LogP contribution in [0.3, 0.4) is 0 Å². The van der Waals surface area contributed by atoms with Gasteiger partial charge in [0.2, 0.25) is 0 Å². The second-order valence-corrected chi connectivity index (χ2v) is 7.05. The van der Waals surface area contributed by atoms with Gasteiger partial charge in [-0.1, -0.05) is 11.2 Å². The SMILES string of the molecule is CN=C(NCCc1c(C)noc1C)N1CCN(c2cccc(C(F)(F)F)c2)CC1.I. The molecule has 1 N–H and O–H groups in total. The fourth-order valence-corrected chi connectivity index (χ4v) is 3.55. The van der Waals surface area contributed by atoms with Gasteiger partial charge in [0.15, 0.2) is 5.96 Å². The number of alkyl halides is 3. The van der Waals surface area contributed by atoms with Crippen molar-refractivity contribution in [1.29, 1.82) is 0 Å². The Balaban J connectivity index is 0.00000320.